The third-order valence-corrected chi connectivity index (χ3v) is 3.50. The molecular formula is C11H22N2O2. The summed E-state index contributed by atoms with van der Waals surface area (Å²) in [6, 6.07) is 0.744. The van der Waals surface area contributed by atoms with Crippen LogP contribution < -0.4 is 0 Å². The molecule has 2 unspecified atom stereocenters. The highest BCUT2D eigenvalue weighted by Gasteiger charge is 2.30. The van der Waals surface area contributed by atoms with Crippen LogP contribution in [0.15, 0.2) is 0 Å². The van der Waals surface area contributed by atoms with Gasteiger partial charge >= 0.3 is 0 Å². The highest BCUT2D eigenvalue weighted by Crippen LogP contribution is 2.21. The van der Waals surface area contributed by atoms with Crippen molar-refractivity contribution in [2.24, 2.45) is 0 Å². The predicted molar refractivity (Wildman–Crippen MR) is 58.9 cm³/mol. The third kappa shape index (κ3) is 2.91. The van der Waals surface area contributed by atoms with Crippen molar-refractivity contribution in [3.63, 3.8) is 0 Å². The molecule has 0 saturated carbocycles. The summed E-state index contributed by atoms with van der Waals surface area (Å²) in [5.41, 5.74) is 0. The second-order valence-corrected chi connectivity index (χ2v) is 4.70. The van der Waals surface area contributed by atoms with E-state index in [1.807, 2.05) is 0 Å². The summed E-state index contributed by atoms with van der Waals surface area (Å²) in [5, 5.41) is 9.66. The number of aliphatic hydroxyl groups is 1. The lowest BCUT2D eigenvalue weighted by molar-refractivity contribution is 0.0168. The molecule has 2 atom stereocenters. The van der Waals surface area contributed by atoms with Crippen molar-refractivity contribution < 1.29 is 9.84 Å². The molecule has 0 bridgehead atoms. The molecule has 2 aliphatic rings. The molecule has 4 nitrogen and oxygen atoms in total. The fourth-order valence-corrected chi connectivity index (χ4v) is 2.76. The molecule has 0 aromatic heterocycles. The first kappa shape index (κ1) is 11.3. The van der Waals surface area contributed by atoms with E-state index in [1.165, 1.54) is 25.9 Å². The Kier molecular flexibility index (Phi) is 3.97. The summed E-state index contributed by atoms with van der Waals surface area (Å²) in [4.78, 5) is 4.95. The lowest BCUT2D eigenvalue weighted by Gasteiger charge is -2.38. The molecule has 2 saturated heterocycles. The van der Waals surface area contributed by atoms with E-state index in [9.17, 15) is 5.11 Å². The van der Waals surface area contributed by atoms with Crippen LogP contribution in [-0.2, 0) is 4.74 Å². The molecule has 0 amide bonds. The lowest BCUT2D eigenvalue weighted by atomic mass is 10.1. The van der Waals surface area contributed by atoms with Gasteiger partial charge in [-0.25, -0.2) is 0 Å². The highest BCUT2D eigenvalue weighted by molar-refractivity contribution is 4.87. The van der Waals surface area contributed by atoms with Gasteiger partial charge in [0, 0.05) is 39.3 Å². The fraction of sp³-hybridized carbons (Fsp3) is 1.00. The normalized spacial score (nSPS) is 30.4. The number of β-amino-alcohol motifs (C(OH)–C–C–N with tert-alkyl or cyclic N) is 1. The van der Waals surface area contributed by atoms with Crippen LogP contribution in [0, 0.1) is 0 Å². The van der Waals surface area contributed by atoms with Crippen LogP contribution in [0.4, 0.5) is 0 Å². The molecule has 1 N–H and O–H groups in total. The Morgan fingerprint density at radius 1 is 1.40 bits per heavy atom. The smallest absolute Gasteiger partial charge is 0.0900 e. The van der Waals surface area contributed by atoms with Gasteiger partial charge in [0.2, 0.25) is 0 Å². The maximum absolute atomic E-state index is 9.66. The van der Waals surface area contributed by atoms with Gasteiger partial charge in [-0.1, -0.05) is 0 Å². The molecule has 88 valence electrons. The number of hydrogen-bond donors (Lipinski definition) is 1. The first-order valence-corrected chi connectivity index (χ1v) is 5.93. The van der Waals surface area contributed by atoms with Crippen molar-refractivity contribution in [3.05, 3.63) is 0 Å². The Morgan fingerprint density at radius 3 is 3.07 bits per heavy atom. The molecule has 0 radical (unpaired) electrons. The van der Waals surface area contributed by atoms with Gasteiger partial charge in [0.1, 0.15) is 0 Å². The van der Waals surface area contributed by atoms with Crippen LogP contribution in [-0.4, -0.2) is 73.5 Å². The molecule has 15 heavy (non-hydrogen) atoms. The standard InChI is InChI=1S/C11H22N2O2/c1-15-9-11(14)8-12-5-6-13-4-2-3-10(13)7-12/h10-11,14H,2-9H2,1H3. The van der Waals surface area contributed by atoms with E-state index in [0.29, 0.717) is 6.61 Å². The number of ether oxygens (including phenoxy) is 1. The summed E-state index contributed by atoms with van der Waals surface area (Å²) in [6.45, 7) is 5.88. The summed E-state index contributed by atoms with van der Waals surface area (Å²) < 4.78 is 4.94. The Balaban J connectivity index is 1.75. The number of hydrogen-bond acceptors (Lipinski definition) is 4. The minimum Gasteiger partial charge on any atom is -0.389 e. The number of rotatable bonds is 4. The molecule has 0 aromatic carbocycles. The number of aliphatic hydroxyl groups excluding tert-OH is 1. The molecule has 4 heteroatoms. The predicted octanol–water partition coefficient (Wildman–Crippen LogP) is -0.226. The zero-order chi connectivity index (χ0) is 10.7. The monoisotopic (exact) mass is 214 g/mol. The minimum absolute atomic E-state index is 0.331. The Bertz CT molecular complexity index is 201. The largest absolute Gasteiger partial charge is 0.389 e. The average molecular weight is 214 g/mol. The molecule has 2 aliphatic heterocycles. The summed E-state index contributed by atoms with van der Waals surface area (Å²) in [5.74, 6) is 0. The van der Waals surface area contributed by atoms with E-state index < -0.39 is 0 Å². The van der Waals surface area contributed by atoms with Crippen molar-refractivity contribution in [2.45, 2.75) is 25.0 Å². The molecule has 0 aliphatic carbocycles. The quantitative estimate of drug-likeness (QED) is 0.701. The van der Waals surface area contributed by atoms with Gasteiger partial charge in [0.25, 0.3) is 0 Å². The molecule has 2 heterocycles. The van der Waals surface area contributed by atoms with Crippen LogP contribution in [0.2, 0.25) is 0 Å². The molecule has 2 rings (SSSR count). The second kappa shape index (κ2) is 5.25. The highest BCUT2D eigenvalue weighted by atomic mass is 16.5. The zero-order valence-electron chi connectivity index (χ0n) is 9.56. The van der Waals surface area contributed by atoms with E-state index in [4.69, 9.17) is 4.74 Å². The molecule has 2 fully saturated rings. The fourth-order valence-electron chi connectivity index (χ4n) is 2.76. The average Bonchev–Trinajstić information content (AvgIpc) is 2.65. The zero-order valence-corrected chi connectivity index (χ0v) is 9.56. The van der Waals surface area contributed by atoms with E-state index >= 15 is 0 Å². The third-order valence-electron chi connectivity index (χ3n) is 3.50. The van der Waals surface area contributed by atoms with E-state index in [-0.39, 0.29) is 6.10 Å². The van der Waals surface area contributed by atoms with E-state index in [0.717, 1.165) is 25.7 Å². The van der Waals surface area contributed by atoms with Crippen molar-refractivity contribution in [2.75, 3.05) is 46.4 Å². The first-order valence-electron chi connectivity index (χ1n) is 5.93. The van der Waals surface area contributed by atoms with Crippen molar-refractivity contribution in [1.29, 1.82) is 0 Å². The van der Waals surface area contributed by atoms with Crippen LogP contribution in [0.5, 0.6) is 0 Å². The van der Waals surface area contributed by atoms with Gasteiger partial charge in [-0.05, 0) is 19.4 Å². The SMILES string of the molecule is COCC(O)CN1CCN2CCCC2C1. The Hall–Kier alpha value is -0.160. The second-order valence-electron chi connectivity index (χ2n) is 4.70. The van der Waals surface area contributed by atoms with Crippen LogP contribution in [0.1, 0.15) is 12.8 Å². The number of fused-ring (bicyclic) bond motifs is 1. The lowest BCUT2D eigenvalue weighted by Crippen LogP contribution is -2.52. The van der Waals surface area contributed by atoms with Gasteiger partial charge < -0.3 is 9.84 Å². The van der Waals surface area contributed by atoms with E-state index in [2.05, 4.69) is 9.80 Å². The van der Waals surface area contributed by atoms with Gasteiger partial charge in [0.05, 0.1) is 12.7 Å². The Morgan fingerprint density at radius 2 is 2.27 bits per heavy atom. The first-order chi connectivity index (χ1) is 7.29. The van der Waals surface area contributed by atoms with Gasteiger partial charge in [-0.15, -0.1) is 0 Å². The number of nitrogens with zero attached hydrogens (tertiary/aromatic N) is 2. The Labute approximate surface area is 91.8 Å². The van der Waals surface area contributed by atoms with Crippen LogP contribution >= 0.6 is 0 Å². The van der Waals surface area contributed by atoms with Crippen molar-refractivity contribution in [1.82, 2.24) is 9.80 Å². The summed E-state index contributed by atoms with van der Waals surface area (Å²) in [6.07, 6.45) is 2.35. The maximum atomic E-state index is 9.66. The molecular weight excluding hydrogens is 192 g/mol. The van der Waals surface area contributed by atoms with Gasteiger partial charge in [-0.3, -0.25) is 9.80 Å². The topological polar surface area (TPSA) is 35.9 Å². The van der Waals surface area contributed by atoms with Crippen LogP contribution in [0.25, 0.3) is 0 Å². The molecule has 0 aromatic rings. The number of piperazine rings is 1. The van der Waals surface area contributed by atoms with Crippen molar-refractivity contribution in [3.8, 4) is 0 Å². The molecule has 0 spiro atoms. The maximum Gasteiger partial charge on any atom is 0.0900 e. The van der Waals surface area contributed by atoms with Crippen LogP contribution in [0.3, 0.4) is 0 Å². The summed E-state index contributed by atoms with van der Waals surface area (Å²) >= 11 is 0. The van der Waals surface area contributed by atoms with Crippen molar-refractivity contribution >= 4 is 0 Å². The van der Waals surface area contributed by atoms with E-state index in [1.54, 1.807) is 7.11 Å². The van der Waals surface area contributed by atoms with Gasteiger partial charge in [-0.2, -0.15) is 0 Å². The minimum atomic E-state index is -0.331. The van der Waals surface area contributed by atoms with Gasteiger partial charge in [0.15, 0.2) is 0 Å². The number of methoxy groups -OCH3 is 1. The summed E-state index contributed by atoms with van der Waals surface area (Å²) in [7, 11) is 1.64.